The smallest absolute Gasteiger partial charge is 0.346 e. The van der Waals surface area contributed by atoms with Gasteiger partial charge in [-0.15, -0.1) is 13.2 Å². The molecule has 0 saturated heterocycles. The molecule has 1 aliphatic heterocycles. The number of esters is 2. The lowest BCUT2D eigenvalue weighted by molar-refractivity contribution is 0.0444. The lowest BCUT2D eigenvalue weighted by Gasteiger charge is -1.86. The number of fused-ring (bicyclic) bond motifs is 1. The van der Waals surface area contributed by atoms with E-state index in [-0.39, 0.29) is 0 Å². The summed E-state index contributed by atoms with van der Waals surface area (Å²) >= 11 is 0. The standard InChI is InChI=1S/C8H4O3.C2H4/c9-7-5-3-1-2-4-6(5)8(10)11-7;1-2/h1-4H;1-2H2. The summed E-state index contributed by atoms with van der Waals surface area (Å²) in [5, 5.41) is 0. The number of hydrogen-bond donors (Lipinski definition) is 0. The van der Waals surface area contributed by atoms with Crippen molar-refractivity contribution < 1.29 is 14.3 Å². The maximum Gasteiger partial charge on any atom is 0.346 e. The van der Waals surface area contributed by atoms with E-state index in [1.165, 1.54) is 0 Å². The van der Waals surface area contributed by atoms with Gasteiger partial charge < -0.3 is 4.74 Å². The molecule has 0 N–H and O–H groups in total. The summed E-state index contributed by atoms with van der Waals surface area (Å²) < 4.78 is 4.35. The number of carbonyl (C=O) groups is 2. The second-order valence-electron chi connectivity index (χ2n) is 2.22. The van der Waals surface area contributed by atoms with Crippen molar-refractivity contribution in [3.8, 4) is 0 Å². The van der Waals surface area contributed by atoms with Crippen LogP contribution in [-0.4, -0.2) is 11.9 Å². The molecular formula is C10H8O3. The first kappa shape index (κ1) is 9.19. The van der Waals surface area contributed by atoms with Crippen LogP contribution in [0.15, 0.2) is 37.4 Å². The molecule has 1 aliphatic rings. The molecule has 3 nitrogen and oxygen atoms in total. The van der Waals surface area contributed by atoms with Gasteiger partial charge in [0.15, 0.2) is 0 Å². The molecule has 1 aromatic carbocycles. The van der Waals surface area contributed by atoms with E-state index in [2.05, 4.69) is 17.9 Å². The Kier molecular flexibility index (Phi) is 2.59. The van der Waals surface area contributed by atoms with Crippen molar-refractivity contribution >= 4 is 11.9 Å². The minimum absolute atomic E-state index is 0.359. The molecule has 1 heterocycles. The van der Waals surface area contributed by atoms with Gasteiger partial charge in [-0.2, -0.15) is 0 Å². The fourth-order valence-corrected chi connectivity index (χ4v) is 1.03. The summed E-state index contributed by atoms with van der Waals surface area (Å²) in [7, 11) is 0. The molecule has 0 aliphatic carbocycles. The Hall–Kier alpha value is -1.90. The van der Waals surface area contributed by atoms with Crippen molar-refractivity contribution in [2.45, 2.75) is 0 Å². The number of cyclic esters (lactones) is 2. The van der Waals surface area contributed by atoms with Crippen LogP contribution in [0.25, 0.3) is 0 Å². The highest BCUT2D eigenvalue weighted by molar-refractivity contribution is 6.14. The number of hydrogen-bond acceptors (Lipinski definition) is 3. The Morgan fingerprint density at radius 3 is 1.69 bits per heavy atom. The number of ether oxygens (including phenoxy) is 1. The molecule has 0 unspecified atom stereocenters. The van der Waals surface area contributed by atoms with E-state index in [0.717, 1.165) is 0 Å². The van der Waals surface area contributed by atoms with Gasteiger partial charge in [0.25, 0.3) is 0 Å². The van der Waals surface area contributed by atoms with Gasteiger partial charge in [-0.25, -0.2) is 9.59 Å². The predicted octanol–water partition coefficient (Wildman–Crippen LogP) is 1.80. The highest BCUT2D eigenvalue weighted by atomic mass is 16.6. The molecule has 0 spiro atoms. The molecule has 3 heteroatoms. The van der Waals surface area contributed by atoms with E-state index >= 15 is 0 Å². The molecular weight excluding hydrogens is 168 g/mol. The van der Waals surface area contributed by atoms with E-state index in [9.17, 15) is 9.59 Å². The van der Waals surface area contributed by atoms with Crippen LogP contribution in [0.1, 0.15) is 20.7 Å². The fourth-order valence-electron chi connectivity index (χ4n) is 1.03. The molecule has 0 atom stereocenters. The maximum atomic E-state index is 10.8. The van der Waals surface area contributed by atoms with Crippen molar-refractivity contribution in [1.82, 2.24) is 0 Å². The monoisotopic (exact) mass is 176 g/mol. The van der Waals surface area contributed by atoms with Crippen molar-refractivity contribution in [2.75, 3.05) is 0 Å². The average Bonchev–Trinajstić information content (AvgIpc) is 2.47. The predicted molar refractivity (Wildman–Crippen MR) is 47.4 cm³/mol. The summed E-state index contributed by atoms with van der Waals surface area (Å²) in [5.41, 5.74) is 0.718. The van der Waals surface area contributed by atoms with E-state index in [0.29, 0.717) is 11.1 Å². The SMILES string of the molecule is C=C.O=C1OC(=O)c2ccccc21. The normalized spacial score (nSPS) is 12.6. The molecule has 1 aromatic rings. The average molecular weight is 176 g/mol. The first-order chi connectivity index (χ1) is 6.29. The largest absolute Gasteiger partial charge is 0.386 e. The summed E-state index contributed by atoms with van der Waals surface area (Å²) in [6, 6.07) is 6.53. The Morgan fingerprint density at radius 1 is 0.923 bits per heavy atom. The third-order valence-corrected chi connectivity index (χ3v) is 1.55. The molecule has 0 radical (unpaired) electrons. The Morgan fingerprint density at radius 2 is 1.31 bits per heavy atom. The second kappa shape index (κ2) is 3.67. The molecule has 0 bridgehead atoms. The van der Waals surface area contributed by atoms with Gasteiger partial charge in [0, 0.05) is 0 Å². The summed E-state index contributed by atoms with van der Waals surface area (Å²) in [5.74, 6) is -1.10. The number of benzene rings is 1. The number of carbonyl (C=O) groups excluding carboxylic acids is 2. The van der Waals surface area contributed by atoms with Crippen LogP contribution in [0.3, 0.4) is 0 Å². The third kappa shape index (κ3) is 1.49. The first-order valence-corrected chi connectivity index (χ1v) is 3.64. The third-order valence-electron chi connectivity index (χ3n) is 1.55. The minimum Gasteiger partial charge on any atom is -0.386 e. The Balaban J connectivity index is 0.000000396. The lowest BCUT2D eigenvalue weighted by atomic mass is 10.1. The van der Waals surface area contributed by atoms with Crippen molar-refractivity contribution in [3.63, 3.8) is 0 Å². The summed E-state index contributed by atoms with van der Waals surface area (Å²) in [6.45, 7) is 6.00. The van der Waals surface area contributed by atoms with Gasteiger partial charge in [-0.1, -0.05) is 12.1 Å². The lowest BCUT2D eigenvalue weighted by Crippen LogP contribution is -1.96. The summed E-state index contributed by atoms with van der Waals surface area (Å²) in [6.07, 6.45) is 0. The zero-order valence-corrected chi connectivity index (χ0v) is 6.95. The maximum absolute atomic E-state index is 10.8. The molecule has 0 fully saturated rings. The number of rotatable bonds is 0. The van der Waals surface area contributed by atoms with Crippen molar-refractivity contribution in [3.05, 3.63) is 48.6 Å². The first-order valence-electron chi connectivity index (χ1n) is 3.64. The van der Waals surface area contributed by atoms with Gasteiger partial charge >= 0.3 is 11.9 Å². The van der Waals surface area contributed by atoms with E-state index in [1.54, 1.807) is 24.3 Å². The van der Waals surface area contributed by atoms with Crippen LogP contribution < -0.4 is 0 Å². The minimum atomic E-state index is -0.550. The Labute approximate surface area is 75.6 Å². The Bertz CT molecular complexity index is 322. The van der Waals surface area contributed by atoms with Gasteiger partial charge in [0.1, 0.15) is 0 Å². The fraction of sp³-hybridized carbons (Fsp3) is 0. The van der Waals surface area contributed by atoms with Gasteiger partial charge in [0.05, 0.1) is 11.1 Å². The van der Waals surface area contributed by atoms with Gasteiger partial charge in [-0.3, -0.25) is 0 Å². The molecule has 13 heavy (non-hydrogen) atoms. The van der Waals surface area contributed by atoms with E-state index in [4.69, 9.17) is 0 Å². The highest BCUT2D eigenvalue weighted by Gasteiger charge is 2.28. The van der Waals surface area contributed by atoms with Gasteiger partial charge in [0.2, 0.25) is 0 Å². The zero-order chi connectivity index (χ0) is 9.84. The second-order valence-corrected chi connectivity index (χ2v) is 2.22. The molecule has 0 aromatic heterocycles. The van der Waals surface area contributed by atoms with Crippen LogP contribution in [-0.2, 0) is 4.74 Å². The molecule has 2 rings (SSSR count). The van der Waals surface area contributed by atoms with Crippen LogP contribution in [0.2, 0.25) is 0 Å². The van der Waals surface area contributed by atoms with E-state index < -0.39 is 11.9 Å². The van der Waals surface area contributed by atoms with Crippen molar-refractivity contribution in [1.29, 1.82) is 0 Å². The van der Waals surface area contributed by atoms with Crippen LogP contribution in [0.5, 0.6) is 0 Å². The van der Waals surface area contributed by atoms with Gasteiger partial charge in [-0.05, 0) is 12.1 Å². The zero-order valence-electron chi connectivity index (χ0n) is 6.95. The van der Waals surface area contributed by atoms with Crippen molar-refractivity contribution in [2.24, 2.45) is 0 Å². The van der Waals surface area contributed by atoms with Crippen LogP contribution >= 0.6 is 0 Å². The molecule has 66 valence electrons. The van der Waals surface area contributed by atoms with Crippen LogP contribution in [0.4, 0.5) is 0 Å². The quantitative estimate of drug-likeness (QED) is 0.344. The highest BCUT2D eigenvalue weighted by Crippen LogP contribution is 2.18. The summed E-state index contributed by atoms with van der Waals surface area (Å²) in [4.78, 5) is 21.7. The van der Waals surface area contributed by atoms with Crippen LogP contribution in [0, 0.1) is 0 Å². The molecule has 0 saturated carbocycles. The van der Waals surface area contributed by atoms with E-state index in [1.807, 2.05) is 0 Å². The topological polar surface area (TPSA) is 43.4 Å². The molecule has 0 amide bonds.